The minimum absolute atomic E-state index is 0.0269. The Bertz CT molecular complexity index is 1060. The molecule has 246 valence electrons. The quantitative estimate of drug-likeness (QED) is 0.179. The zero-order valence-corrected chi connectivity index (χ0v) is 27.2. The lowest BCUT2D eigenvalue weighted by atomic mass is 10.0. The Morgan fingerprint density at radius 3 is 1.30 bits per heavy atom. The van der Waals surface area contributed by atoms with Gasteiger partial charge in [0.25, 0.3) is 11.8 Å². The van der Waals surface area contributed by atoms with Crippen molar-refractivity contribution in [1.29, 1.82) is 0 Å². The van der Waals surface area contributed by atoms with Gasteiger partial charge in [0.1, 0.15) is 35.6 Å². The van der Waals surface area contributed by atoms with E-state index in [0.717, 1.165) is 0 Å². The van der Waals surface area contributed by atoms with Crippen LogP contribution >= 0.6 is 0 Å². The van der Waals surface area contributed by atoms with Crippen molar-refractivity contribution in [2.75, 3.05) is 14.2 Å². The van der Waals surface area contributed by atoms with E-state index in [0.29, 0.717) is 25.7 Å². The Morgan fingerprint density at radius 2 is 1.00 bits per heavy atom. The van der Waals surface area contributed by atoms with Crippen LogP contribution in [-0.2, 0) is 28.7 Å². The number of ether oxygens (including phenoxy) is 2. The third-order valence-electron chi connectivity index (χ3n) is 6.63. The Kier molecular flexibility index (Phi) is 16.7. The summed E-state index contributed by atoms with van der Waals surface area (Å²) in [6.45, 7) is 11.3. The fourth-order valence-corrected chi connectivity index (χ4v) is 4.46. The van der Waals surface area contributed by atoms with Gasteiger partial charge in [0.2, 0.25) is 11.8 Å². The SMILES string of the molecule is CCCC(NC(=O)[C@H](CC(C)C)NC(=O)c1cccc(C(=O)N[C@H](CC(C)C)C(=O)NC(CCC)C(=O)OC)n1)C(=O)OC. The summed E-state index contributed by atoms with van der Waals surface area (Å²) in [6.07, 6.45) is 2.58. The molecule has 4 amide bonds. The van der Waals surface area contributed by atoms with Gasteiger partial charge in [-0.05, 0) is 49.7 Å². The lowest BCUT2D eigenvalue weighted by Gasteiger charge is -2.23. The fourth-order valence-electron chi connectivity index (χ4n) is 4.46. The number of amides is 4. The average molecular weight is 620 g/mol. The predicted octanol–water partition coefficient (Wildman–Crippen LogP) is 2.29. The van der Waals surface area contributed by atoms with E-state index < -0.39 is 59.7 Å². The van der Waals surface area contributed by atoms with Crippen LogP contribution in [0.4, 0.5) is 0 Å². The molecule has 0 spiro atoms. The molecule has 13 heteroatoms. The number of carbonyl (C=O) groups excluding carboxylic acids is 6. The molecule has 0 bridgehead atoms. The van der Waals surface area contributed by atoms with Crippen molar-refractivity contribution >= 4 is 35.6 Å². The second-order valence-electron chi connectivity index (χ2n) is 11.5. The maximum absolute atomic E-state index is 13.2. The largest absolute Gasteiger partial charge is 0.467 e. The monoisotopic (exact) mass is 619 g/mol. The van der Waals surface area contributed by atoms with E-state index in [1.165, 1.54) is 32.4 Å². The molecule has 13 nitrogen and oxygen atoms in total. The minimum atomic E-state index is -0.976. The molecule has 0 aliphatic carbocycles. The van der Waals surface area contributed by atoms with Crippen molar-refractivity contribution in [3.8, 4) is 0 Å². The van der Waals surface area contributed by atoms with Crippen molar-refractivity contribution in [3.63, 3.8) is 0 Å². The second kappa shape index (κ2) is 19.3. The maximum atomic E-state index is 13.2. The van der Waals surface area contributed by atoms with Gasteiger partial charge in [0, 0.05) is 0 Å². The van der Waals surface area contributed by atoms with Gasteiger partial charge < -0.3 is 30.7 Å². The summed E-state index contributed by atoms with van der Waals surface area (Å²) < 4.78 is 9.57. The van der Waals surface area contributed by atoms with Gasteiger partial charge >= 0.3 is 11.9 Å². The molecule has 2 unspecified atom stereocenters. The molecule has 0 aliphatic heterocycles. The Labute approximate surface area is 260 Å². The first-order valence-electron chi connectivity index (χ1n) is 15.1. The standard InChI is InChI=1S/C31H49N5O8/c1-9-12-22(30(41)43-7)33-28(39)24(16-18(3)4)35-26(37)20-14-11-15-21(32-20)27(38)36-25(17-19(5)6)29(40)34-23(13-10-2)31(42)44-8/h11,14-15,18-19,22-25H,9-10,12-13,16-17H2,1-8H3,(H,33,39)(H,34,40)(H,35,37)(H,36,38)/t22?,23?,24-,25+. The molecule has 4 atom stereocenters. The molecule has 4 N–H and O–H groups in total. The number of pyridine rings is 1. The molecule has 0 radical (unpaired) electrons. The molecule has 1 rings (SSSR count). The molecule has 0 saturated carbocycles. The number of aromatic nitrogens is 1. The van der Waals surface area contributed by atoms with E-state index in [1.807, 2.05) is 41.5 Å². The smallest absolute Gasteiger partial charge is 0.328 e. The van der Waals surface area contributed by atoms with E-state index in [4.69, 9.17) is 9.47 Å². The average Bonchev–Trinajstić information content (AvgIpc) is 2.98. The van der Waals surface area contributed by atoms with Crippen LogP contribution in [0.2, 0.25) is 0 Å². The molecule has 0 saturated heterocycles. The van der Waals surface area contributed by atoms with Gasteiger partial charge in [-0.15, -0.1) is 0 Å². The lowest BCUT2D eigenvalue weighted by molar-refractivity contribution is -0.145. The fraction of sp³-hybridized carbons (Fsp3) is 0.645. The zero-order chi connectivity index (χ0) is 33.4. The molecule has 1 aromatic heterocycles. The maximum Gasteiger partial charge on any atom is 0.328 e. The molecule has 1 heterocycles. The van der Waals surface area contributed by atoms with Crippen LogP contribution in [-0.4, -0.2) is 78.9 Å². The molecule has 0 fully saturated rings. The third-order valence-corrected chi connectivity index (χ3v) is 6.63. The summed E-state index contributed by atoms with van der Waals surface area (Å²) in [5.74, 6) is -3.57. The van der Waals surface area contributed by atoms with Crippen molar-refractivity contribution < 1.29 is 38.2 Å². The van der Waals surface area contributed by atoms with Crippen molar-refractivity contribution in [2.45, 2.75) is 104 Å². The zero-order valence-electron chi connectivity index (χ0n) is 27.2. The summed E-state index contributed by atoms with van der Waals surface area (Å²) in [7, 11) is 2.48. The second-order valence-corrected chi connectivity index (χ2v) is 11.5. The first kappa shape index (κ1) is 38.0. The molecular weight excluding hydrogens is 570 g/mol. The summed E-state index contributed by atoms with van der Waals surface area (Å²) in [5, 5.41) is 10.7. The van der Waals surface area contributed by atoms with Crippen LogP contribution in [0.15, 0.2) is 18.2 Å². The lowest BCUT2D eigenvalue weighted by Crippen LogP contribution is -2.52. The summed E-state index contributed by atoms with van der Waals surface area (Å²) in [4.78, 5) is 81.0. The van der Waals surface area contributed by atoms with Crippen molar-refractivity contribution in [1.82, 2.24) is 26.3 Å². The normalized spacial score (nSPS) is 13.7. The third kappa shape index (κ3) is 12.7. The van der Waals surface area contributed by atoms with Gasteiger partial charge in [0.05, 0.1) is 14.2 Å². The first-order chi connectivity index (χ1) is 20.8. The van der Waals surface area contributed by atoms with E-state index in [-0.39, 0.29) is 36.1 Å². The number of rotatable bonds is 18. The van der Waals surface area contributed by atoms with Gasteiger partial charge in [-0.3, -0.25) is 19.2 Å². The Hall–Kier alpha value is -4.03. The summed E-state index contributed by atoms with van der Waals surface area (Å²) in [5.41, 5.74) is -0.230. The van der Waals surface area contributed by atoms with Crippen LogP contribution in [0.1, 0.15) is 101 Å². The number of nitrogens with one attached hydrogen (secondary N) is 4. The number of carbonyl (C=O) groups is 6. The van der Waals surface area contributed by atoms with Gasteiger partial charge in [0.15, 0.2) is 0 Å². The van der Waals surface area contributed by atoms with E-state index in [1.54, 1.807) is 0 Å². The van der Waals surface area contributed by atoms with Crippen LogP contribution in [0.3, 0.4) is 0 Å². The van der Waals surface area contributed by atoms with E-state index in [9.17, 15) is 28.8 Å². The van der Waals surface area contributed by atoms with Gasteiger partial charge in [-0.2, -0.15) is 0 Å². The van der Waals surface area contributed by atoms with E-state index >= 15 is 0 Å². The van der Waals surface area contributed by atoms with Gasteiger partial charge in [-0.1, -0.05) is 60.5 Å². The summed E-state index contributed by atoms with van der Waals surface area (Å²) >= 11 is 0. The number of hydrogen-bond acceptors (Lipinski definition) is 9. The van der Waals surface area contributed by atoms with Gasteiger partial charge in [-0.25, -0.2) is 14.6 Å². The predicted molar refractivity (Wildman–Crippen MR) is 163 cm³/mol. The van der Waals surface area contributed by atoms with Crippen molar-refractivity contribution in [3.05, 3.63) is 29.6 Å². The molecular formula is C31H49N5O8. The molecule has 0 aromatic carbocycles. The highest BCUT2D eigenvalue weighted by molar-refractivity contribution is 6.00. The Balaban J connectivity index is 3.13. The summed E-state index contributed by atoms with van der Waals surface area (Å²) in [6, 6.07) is 0.607. The van der Waals surface area contributed by atoms with Crippen LogP contribution in [0.5, 0.6) is 0 Å². The number of hydrogen-bond donors (Lipinski definition) is 4. The first-order valence-corrected chi connectivity index (χ1v) is 15.1. The highest BCUT2D eigenvalue weighted by Crippen LogP contribution is 2.11. The van der Waals surface area contributed by atoms with Crippen LogP contribution in [0, 0.1) is 11.8 Å². The molecule has 44 heavy (non-hydrogen) atoms. The van der Waals surface area contributed by atoms with Crippen LogP contribution < -0.4 is 21.3 Å². The minimum Gasteiger partial charge on any atom is -0.467 e. The number of methoxy groups -OCH3 is 2. The highest BCUT2D eigenvalue weighted by atomic mass is 16.5. The van der Waals surface area contributed by atoms with E-state index in [2.05, 4.69) is 26.3 Å². The molecule has 0 aliphatic rings. The topological polar surface area (TPSA) is 182 Å². The number of esters is 2. The molecule has 1 aromatic rings. The Morgan fingerprint density at radius 1 is 0.636 bits per heavy atom. The number of nitrogens with zero attached hydrogens (tertiary/aromatic N) is 1. The van der Waals surface area contributed by atoms with Crippen LogP contribution in [0.25, 0.3) is 0 Å². The van der Waals surface area contributed by atoms with Crippen molar-refractivity contribution in [2.24, 2.45) is 11.8 Å². The highest BCUT2D eigenvalue weighted by Gasteiger charge is 2.30.